The summed E-state index contributed by atoms with van der Waals surface area (Å²) < 4.78 is 10.5. The minimum Gasteiger partial charge on any atom is -0.394 e. The molecule has 5 atom stereocenters. The summed E-state index contributed by atoms with van der Waals surface area (Å²) in [6.07, 6.45) is -2.22. The third-order valence-corrected chi connectivity index (χ3v) is 3.23. The molecule has 1 rings (SSSR count). The van der Waals surface area contributed by atoms with Crippen molar-refractivity contribution in [3.8, 4) is 0 Å². The van der Waals surface area contributed by atoms with Gasteiger partial charge in [-0.05, 0) is 19.4 Å². The van der Waals surface area contributed by atoms with Crippen LogP contribution in [0.2, 0.25) is 0 Å². The van der Waals surface area contributed by atoms with E-state index in [-0.39, 0.29) is 0 Å². The number of ether oxygens (including phenoxy) is 2. The van der Waals surface area contributed by atoms with E-state index in [1.165, 1.54) is 0 Å². The molecule has 1 heterocycles. The van der Waals surface area contributed by atoms with Gasteiger partial charge in [0, 0.05) is 6.61 Å². The van der Waals surface area contributed by atoms with E-state index in [1.54, 1.807) is 0 Å². The van der Waals surface area contributed by atoms with Gasteiger partial charge >= 0.3 is 0 Å². The van der Waals surface area contributed by atoms with Crippen molar-refractivity contribution in [2.75, 3.05) is 19.8 Å². The second kappa shape index (κ2) is 8.80. The first-order valence-corrected chi connectivity index (χ1v) is 6.74. The number of unbranched alkanes of at least 4 members (excludes halogenated alkanes) is 3. The van der Waals surface area contributed by atoms with Crippen molar-refractivity contribution in [3.63, 3.8) is 0 Å². The molecule has 1 fully saturated rings. The normalized spacial score (nSPS) is 35.5. The first-order valence-electron chi connectivity index (χ1n) is 6.74. The zero-order valence-corrected chi connectivity index (χ0v) is 11.0. The maximum atomic E-state index is 9.70. The molecule has 0 aliphatic carbocycles. The summed E-state index contributed by atoms with van der Waals surface area (Å²) >= 11 is 0. The summed E-state index contributed by atoms with van der Waals surface area (Å²) in [7, 11) is 0. The average molecular weight is 279 g/mol. The fraction of sp³-hybridized carbons (Fsp3) is 1.00. The second-order valence-electron chi connectivity index (χ2n) is 4.77. The van der Waals surface area contributed by atoms with Crippen LogP contribution in [0.15, 0.2) is 0 Å². The molecule has 0 aromatic rings. The highest BCUT2D eigenvalue weighted by molar-refractivity contribution is 4.88. The van der Waals surface area contributed by atoms with Gasteiger partial charge in [-0.25, -0.2) is 0 Å². The molecule has 1 aliphatic heterocycles. The molecule has 114 valence electrons. The van der Waals surface area contributed by atoms with E-state index in [4.69, 9.17) is 20.3 Å². The molecule has 7 nitrogen and oxygen atoms in total. The van der Waals surface area contributed by atoms with Crippen LogP contribution in [0.4, 0.5) is 0 Å². The van der Waals surface area contributed by atoms with Crippen LogP contribution >= 0.6 is 0 Å². The van der Waals surface area contributed by atoms with Gasteiger partial charge in [-0.1, -0.05) is 12.8 Å². The zero-order chi connectivity index (χ0) is 14.3. The van der Waals surface area contributed by atoms with Crippen molar-refractivity contribution >= 4 is 0 Å². The highest BCUT2D eigenvalue weighted by Crippen LogP contribution is 2.22. The first kappa shape index (κ1) is 16.8. The van der Waals surface area contributed by atoms with Gasteiger partial charge in [-0.3, -0.25) is 0 Å². The third-order valence-electron chi connectivity index (χ3n) is 3.23. The van der Waals surface area contributed by atoms with Gasteiger partial charge in [-0.15, -0.1) is 0 Å². The Morgan fingerprint density at radius 2 is 1.63 bits per heavy atom. The molecule has 19 heavy (non-hydrogen) atoms. The lowest BCUT2D eigenvalue weighted by Gasteiger charge is -2.39. The molecule has 0 saturated carbocycles. The van der Waals surface area contributed by atoms with Crippen LogP contribution < -0.4 is 5.73 Å². The average Bonchev–Trinajstić information content (AvgIpc) is 2.42. The lowest BCUT2D eigenvalue weighted by atomic mass is 9.99. The number of hydrogen-bond acceptors (Lipinski definition) is 7. The highest BCUT2D eigenvalue weighted by atomic mass is 16.7. The first-order chi connectivity index (χ1) is 9.11. The molecular formula is C12H25NO6. The lowest BCUT2D eigenvalue weighted by Crippen LogP contribution is -2.59. The molecule has 0 spiro atoms. The Morgan fingerprint density at radius 1 is 0.947 bits per heavy atom. The Bertz CT molecular complexity index is 240. The number of hydrogen-bond donors (Lipinski definition) is 5. The van der Waals surface area contributed by atoms with E-state index in [1.807, 2.05) is 0 Å². The van der Waals surface area contributed by atoms with Gasteiger partial charge in [0.05, 0.1) is 6.61 Å². The monoisotopic (exact) mass is 279 g/mol. The van der Waals surface area contributed by atoms with E-state index in [2.05, 4.69) is 0 Å². The van der Waals surface area contributed by atoms with Gasteiger partial charge < -0.3 is 35.6 Å². The summed E-state index contributed by atoms with van der Waals surface area (Å²) in [5, 5.41) is 37.8. The quantitative estimate of drug-likeness (QED) is 0.336. The minimum atomic E-state index is -1.38. The zero-order valence-electron chi connectivity index (χ0n) is 11.0. The molecule has 0 bridgehead atoms. The SMILES string of the molecule is NCCCCCCO[C@H]1O[C@H](CO)[C@@H](O)[C@H](O)[C@@H]1O. The van der Waals surface area contributed by atoms with Crippen LogP contribution in [0, 0.1) is 0 Å². The van der Waals surface area contributed by atoms with E-state index >= 15 is 0 Å². The maximum Gasteiger partial charge on any atom is 0.186 e. The minimum absolute atomic E-state index is 0.382. The van der Waals surface area contributed by atoms with Crippen molar-refractivity contribution in [1.82, 2.24) is 0 Å². The lowest BCUT2D eigenvalue weighted by molar-refractivity contribution is -0.301. The third kappa shape index (κ3) is 4.96. The predicted octanol–water partition coefficient (Wildman–Crippen LogP) is -1.68. The number of aliphatic hydroxyl groups is 4. The highest BCUT2D eigenvalue weighted by Gasteiger charge is 2.43. The standard InChI is InChI=1S/C12H25NO6/c13-5-3-1-2-4-6-18-12-11(17)10(16)9(15)8(7-14)19-12/h8-12,14-17H,1-7,13H2/t8-,9-,10+,11+,12+/m1/s1. The summed E-state index contributed by atoms with van der Waals surface area (Å²) in [5.74, 6) is 0. The van der Waals surface area contributed by atoms with E-state index in [0.29, 0.717) is 13.2 Å². The van der Waals surface area contributed by atoms with Gasteiger partial charge in [0.25, 0.3) is 0 Å². The molecule has 1 aliphatic rings. The summed E-state index contributed by atoms with van der Waals surface area (Å²) in [4.78, 5) is 0. The number of rotatable bonds is 8. The summed E-state index contributed by atoms with van der Waals surface area (Å²) in [5.41, 5.74) is 5.38. The molecule has 0 unspecified atom stereocenters. The van der Waals surface area contributed by atoms with Crippen molar-refractivity contribution in [3.05, 3.63) is 0 Å². The predicted molar refractivity (Wildman–Crippen MR) is 67.2 cm³/mol. The fourth-order valence-corrected chi connectivity index (χ4v) is 2.00. The molecule has 0 aromatic carbocycles. The number of nitrogens with two attached hydrogens (primary N) is 1. The smallest absolute Gasteiger partial charge is 0.186 e. The Hall–Kier alpha value is -0.280. The molecule has 1 saturated heterocycles. The molecule has 0 amide bonds. The van der Waals surface area contributed by atoms with Gasteiger partial charge in [-0.2, -0.15) is 0 Å². The molecule has 0 aromatic heterocycles. The molecule has 0 radical (unpaired) electrons. The Kier molecular flexibility index (Phi) is 7.77. The number of aliphatic hydroxyl groups excluding tert-OH is 4. The Labute approximate surface area is 112 Å². The maximum absolute atomic E-state index is 9.70. The van der Waals surface area contributed by atoms with Crippen LogP contribution in [0.5, 0.6) is 0 Å². The van der Waals surface area contributed by atoms with E-state index in [0.717, 1.165) is 25.7 Å². The van der Waals surface area contributed by atoms with Crippen LogP contribution in [0.3, 0.4) is 0 Å². The van der Waals surface area contributed by atoms with Gasteiger partial charge in [0.1, 0.15) is 24.4 Å². The molecule has 7 heteroatoms. The summed E-state index contributed by atoms with van der Waals surface area (Å²) in [6.45, 7) is 0.613. The van der Waals surface area contributed by atoms with E-state index in [9.17, 15) is 15.3 Å². The van der Waals surface area contributed by atoms with Crippen molar-refractivity contribution in [2.24, 2.45) is 5.73 Å². The Morgan fingerprint density at radius 3 is 2.26 bits per heavy atom. The van der Waals surface area contributed by atoms with Crippen LogP contribution in [0.25, 0.3) is 0 Å². The van der Waals surface area contributed by atoms with Crippen molar-refractivity contribution in [2.45, 2.75) is 56.4 Å². The topological polar surface area (TPSA) is 125 Å². The van der Waals surface area contributed by atoms with Gasteiger partial charge in [0.15, 0.2) is 6.29 Å². The van der Waals surface area contributed by atoms with Crippen molar-refractivity contribution in [1.29, 1.82) is 0 Å². The summed E-state index contributed by atoms with van der Waals surface area (Å²) in [6, 6.07) is 0. The van der Waals surface area contributed by atoms with Gasteiger partial charge in [0.2, 0.25) is 0 Å². The Balaban J connectivity index is 2.28. The van der Waals surface area contributed by atoms with E-state index < -0.39 is 37.3 Å². The molecule has 6 N–H and O–H groups in total. The largest absolute Gasteiger partial charge is 0.394 e. The van der Waals surface area contributed by atoms with Crippen LogP contribution in [-0.2, 0) is 9.47 Å². The molecular weight excluding hydrogens is 254 g/mol. The van der Waals surface area contributed by atoms with Crippen LogP contribution in [0.1, 0.15) is 25.7 Å². The fourth-order valence-electron chi connectivity index (χ4n) is 2.00. The van der Waals surface area contributed by atoms with Crippen LogP contribution in [-0.4, -0.2) is 70.9 Å². The van der Waals surface area contributed by atoms with Crippen molar-refractivity contribution < 1.29 is 29.9 Å². The second-order valence-corrected chi connectivity index (χ2v) is 4.77.